The van der Waals surface area contributed by atoms with Crippen LogP contribution in [0.4, 0.5) is 5.69 Å². The average molecular weight is 371 g/mol. The number of halogens is 2. The Kier molecular flexibility index (Phi) is 5.13. The molecule has 0 saturated heterocycles. The third-order valence-corrected chi connectivity index (χ3v) is 3.99. The first-order chi connectivity index (χ1) is 9.51. The van der Waals surface area contributed by atoms with Crippen molar-refractivity contribution in [2.45, 2.75) is 18.2 Å². The summed E-state index contributed by atoms with van der Waals surface area (Å²) in [6, 6.07) is 10.8. The van der Waals surface area contributed by atoms with Gasteiger partial charge in [0.1, 0.15) is 0 Å². The smallest absolute Gasteiger partial charge is 0.257 e. The van der Waals surface area contributed by atoms with Crippen molar-refractivity contribution < 1.29 is 4.79 Å². The van der Waals surface area contributed by atoms with Crippen molar-refractivity contribution in [3.8, 4) is 0 Å². The number of carbonyl (C=O) groups excluding carboxylic acids is 1. The highest BCUT2D eigenvalue weighted by Crippen LogP contribution is 2.24. The second-order valence-electron chi connectivity index (χ2n) is 4.27. The van der Waals surface area contributed by atoms with E-state index in [2.05, 4.69) is 33.9 Å². The van der Waals surface area contributed by atoms with Gasteiger partial charge in [0.2, 0.25) is 0 Å². The molecule has 1 amide bonds. The average Bonchev–Trinajstić information content (AvgIpc) is 2.43. The van der Waals surface area contributed by atoms with E-state index in [0.717, 1.165) is 22.1 Å². The standard InChI is InChI=1S/C15H13BrClNOS/c1-2-9-7-10(16)3-6-14(9)18-15(19)12-8-11(20)4-5-13(12)17/h3-8,20H,2H2,1H3,(H,18,19). The molecule has 20 heavy (non-hydrogen) atoms. The normalized spacial score (nSPS) is 10.4. The van der Waals surface area contributed by atoms with E-state index in [1.807, 2.05) is 25.1 Å². The molecule has 5 heteroatoms. The van der Waals surface area contributed by atoms with Gasteiger partial charge in [-0.3, -0.25) is 4.79 Å². The van der Waals surface area contributed by atoms with Crippen molar-refractivity contribution >= 4 is 51.8 Å². The van der Waals surface area contributed by atoms with Crippen LogP contribution in [0.2, 0.25) is 5.02 Å². The van der Waals surface area contributed by atoms with Gasteiger partial charge in [-0.1, -0.05) is 34.5 Å². The van der Waals surface area contributed by atoms with Crippen LogP contribution in [-0.4, -0.2) is 5.91 Å². The van der Waals surface area contributed by atoms with E-state index in [9.17, 15) is 4.79 Å². The summed E-state index contributed by atoms with van der Waals surface area (Å²) in [7, 11) is 0. The van der Waals surface area contributed by atoms with Crippen LogP contribution in [0, 0.1) is 0 Å². The summed E-state index contributed by atoms with van der Waals surface area (Å²) < 4.78 is 0.989. The van der Waals surface area contributed by atoms with Gasteiger partial charge in [-0.15, -0.1) is 12.6 Å². The molecule has 104 valence electrons. The first-order valence-electron chi connectivity index (χ1n) is 6.09. The van der Waals surface area contributed by atoms with Gasteiger partial charge < -0.3 is 5.32 Å². The van der Waals surface area contributed by atoms with Crippen molar-refractivity contribution in [1.82, 2.24) is 0 Å². The van der Waals surface area contributed by atoms with Crippen LogP contribution in [0.5, 0.6) is 0 Å². The minimum absolute atomic E-state index is 0.233. The fourth-order valence-corrected chi connectivity index (χ4v) is 2.67. The zero-order valence-electron chi connectivity index (χ0n) is 10.8. The van der Waals surface area contributed by atoms with E-state index >= 15 is 0 Å². The predicted octanol–water partition coefficient (Wildman–Crippen LogP) is 5.21. The molecule has 2 rings (SSSR count). The molecule has 0 bridgehead atoms. The Morgan fingerprint density at radius 3 is 2.75 bits per heavy atom. The SMILES string of the molecule is CCc1cc(Br)ccc1NC(=O)c1cc(S)ccc1Cl. The maximum Gasteiger partial charge on any atom is 0.257 e. The minimum Gasteiger partial charge on any atom is -0.322 e. The van der Waals surface area contributed by atoms with Crippen LogP contribution in [0.25, 0.3) is 0 Å². The summed E-state index contributed by atoms with van der Waals surface area (Å²) in [5.74, 6) is -0.233. The Bertz CT molecular complexity index is 660. The molecule has 2 aromatic carbocycles. The number of thiol groups is 1. The minimum atomic E-state index is -0.233. The van der Waals surface area contributed by atoms with E-state index in [1.165, 1.54) is 0 Å². The summed E-state index contributed by atoms with van der Waals surface area (Å²) in [6.07, 6.45) is 0.829. The Labute approximate surface area is 137 Å². The Morgan fingerprint density at radius 2 is 2.05 bits per heavy atom. The van der Waals surface area contributed by atoms with Gasteiger partial charge in [-0.25, -0.2) is 0 Å². The number of amides is 1. The van der Waals surface area contributed by atoms with Gasteiger partial charge in [-0.2, -0.15) is 0 Å². The third kappa shape index (κ3) is 3.57. The monoisotopic (exact) mass is 369 g/mol. The quantitative estimate of drug-likeness (QED) is 0.714. The number of aryl methyl sites for hydroxylation is 1. The van der Waals surface area contributed by atoms with Crippen LogP contribution in [0.3, 0.4) is 0 Å². The highest BCUT2D eigenvalue weighted by atomic mass is 79.9. The van der Waals surface area contributed by atoms with Gasteiger partial charge in [0.05, 0.1) is 10.6 Å². The number of anilines is 1. The summed E-state index contributed by atoms with van der Waals surface area (Å²) in [4.78, 5) is 13.0. The number of hydrogen-bond acceptors (Lipinski definition) is 2. The molecule has 0 aliphatic heterocycles. The first kappa shape index (κ1) is 15.4. The molecule has 0 aliphatic carbocycles. The van der Waals surface area contributed by atoms with Crippen molar-refractivity contribution in [3.63, 3.8) is 0 Å². The topological polar surface area (TPSA) is 29.1 Å². The predicted molar refractivity (Wildman–Crippen MR) is 90.2 cm³/mol. The number of nitrogens with one attached hydrogen (secondary N) is 1. The summed E-state index contributed by atoms with van der Waals surface area (Å²) in [6.45, 7) is 2.04. The van der Waals surface area contributed by atoms with Gasteiger partial charge in [0, 0.05) is 15.1 Å². The van der Waals surface area contributed by atoms with Gasteiger partial charge in [0.15, 0.2) is 0 Å². The molecule has 0 aromatic heterocycles. The lowest BCUT2D eigenvalue weighted by molar-refractivity contribution is 0.102. The van der Waals surface area contributed by atoms with Gasteiger partial charge in [0.25, 0.3) is 5.91 Å². The fourth-order valence-electron chi connectivity index (χ4n) is 1.85. The third-order valence-electron chi connectivity index (χ3n) is 2.89. The van der Waals surface area contributed by atoms with Crippen molar-refractivity contribution in [2.24, 2.45) is 0 Å². The zero-order valence-corrected chi connectivity index (χ0v) is 14.0. The molecule has 0 spiro atoms. The fraction of sp³-hybridized carbons (Fsp3) is 0.133. The summed E-state index contributed by atoms with van der Waals surface area (Å²) in [5.41, 5.74) is 2.27. The molecule has 0 fully saturated rings. The largest absolute Gasteiger partial charge is 0.322 e. The van der Waals surface area contributed by atoms with Crippen molar-refractivity contribution in [1.29, 1.82) is 0 Å². The number of rotatable bonds is 3. The first-order valence-corrected chi connectivity index (χ1v) is 7.71. The molecule has 2 aromatic rings. The highest BCUT2D eigenvalue weighted by Gasteiger charge is 2.12. The van der Waals surface area contributed by atoms with E-state index in [0.29, 0.717) is 15.5 Å². The summed E-state index contributed by atoms with van der Waals surface area (Å²) in [5, 5.41) is 3.31. The van der Waals surface area contributed by atoms with Crippen LogP contribution < -0.4 is 5.32 Å². The highest BCUT2D eigenvalue weighted by molar-refractivity contribution is 9.10. The number of hydrogen-bond donors (Lipinski definition) is 2. The molecule has 0 unspecified atom stereocenters. The van der Waals surface area contributed by atoms with Gasteiger partial charge in [-0.05, 0) is 48.4 Å². The lowest BCUT2D eigenvalue weighted by atomic mass is 10.1. The number of benzene rings is 2. The van der Waals surface area contributed by atoms with Crippen LogP contribution >= 0.6 is 40.2 Å². The second kappa shape index (κ2) is 6.66. The molecular formula is C15H13BrClNOS. The Hall–Kier alpha value is -0.970. The van der Waals surface area contributed by atoms with Crippen molar-refractivity contribution in [2.75, 3.05) is 5.32 Å². The molecule has 0 atom stereocenters. The second-order valence-corrected chi connectivity index (χ2v) is 6.11. The van der Waals surface area contributed by atoms with Crippen LogP contribution in [0.15, 0.2) is 45.8 Å². The molecule has 0 heterocycles. The zero-order chi connectivity index (χ0) is 14.7. The van der Waals surface area contributed by atoms with Gasteiger partial charge >= 0.3 is 0 Å². The van der Waals surface area contributed by atoms with E-state index in [-0.39, 0.29) is 5.91 Å². The molecule has 0 aliphatic rings. The molecule has 0 saturated carbocycles. The maximum atomic E-state index is 12.3. The van der Waals surface area contributed by atoms with E-state index < -0.39 is 0 Å². The summed E-state index contributed by atoms with van der Waals surface area (Å²) >= 11 is 13.7. The van der Waals surface area contributed by atoms with Crippen molar-refractivity contribution in [3.05, 3.63) is 57.0 Å². The number of carbonyl (C=O) groups is 1. The lowest BCUT2D eigenvalue weighted by Gasteiger charge is -2.11. The van der Waals surface area contributed by atoms with E-state index in [1.54, 1.807) is 18.2 Å². The van der Waals surface area contributed by atoms with Crippen LogP contribution in [0.1, 0.15) is 22.8 Å². The Morgan fingerprint density at radius 1 is 1.30 bits per heavy atom. The molecule has 1 N–H and O–H groups in total. The Balaban J connectivity index is 2.30. The molecule has 0 radical (unpaired) electrons. The molecular weight excluding hydrogens is 358 g/mol. The van der Waals surface area contributed by atoms with E-state index in [4.69, 9.17) is 11.6 Å². The lowest BCUT2D eigenvalue weighted by Crippen LogP contribution is -2.13. The van der Waals surface area contributed by atoms with Crippen LogP contribution in [-0.2, 0) is 6.42 Å². The molecule has 2 nitrogen and oxygen atoms in total. The maximum absolute atomic E-state index is 12.3.